The highest BCUT2D eigenvalue weighted by atomic mass is 16.5. The number of hydrogen-bond acceptors (Lipinski definition) is 3. The highest BCUT2D eigenvalue weighted by Gasteiger charge is 2.11. The van der Waals surface area contributed by atoms with Gasteiger partial charge in [-0.3, -0.25) is 0 Å². The number of benzene rings is 1. The van der Waals surface area contributed by atoms with Gasteiger partial charge >= 0.3 is 0 Å². The molecule has 160 valence electrons. The molecular formula is C25H43NO2. The number of hydrogen-bond donors (Lipinski definition) is 2. The van der Waals surface area contributed by atoms with Crippen molar-refractivity contribution in [3.8, 4) is 0 Å². The molecular weight excluding hydrogens is 346 g/mol. The zero-order valence-corrected chi connectivity index (χ0v) is 18.0. The molecule has 0 saturated carbocycles. The summed E-state index contributed by atoms with van der Waals surface area (Å²) in [6.45, 7) is 2.80. The molecule has 0 saturated heterocycles. The summed E-state index contributed by atoms with van der Waals surface area (Å²) in [4.78, 5) is 0. The van der Waals surface area contributed by atoms with Crippen LogP contribution in [0.1, 0.15) is 96.0 Å². The lowest BCUT2D eigenvalue weighted by Gasteiger charge is -2.15. The van der Waals surface area contributed by atoms with Crippen LogP contribution in [0.15, 0.2) is 42.7 Å². The summed E-state index contributed by atoms with van der Waals surface area (Å²) in [7, 11) is 0. The van der Waals surface area contributed by atoms with Gasteiger partial charge in [0.1, 0.15) is 6.61 Å². The number of aliphatic hydroxyl groups excluding tert-OH is 1. The molecule has 1 aromatic carbocycles. The van der Waals surface area contributed by atoms with Gasteiger partial charge < -0.3 is 15.6 Å². The predicted octanol–water partition coefficient (Wildman–Crippen LogP) is 6.50. The molecule has 0 amide bonds. The monoisotopic (exact) mass is 389 g/mol. The SMILES string of the molecule is CCCCCCCCCCCCCC[C@H](O)[C@H](N)/C=C/OCc1ccccc1. The lowest BCUT2D eigenvalue weighted by Crippen LogP contribution is -2.32. The molecule has 0 radical (unpaired) electrons. The van der Waals surface area contributed by atoms with Crippen molar-refractivity contribution in [1.82, 2.24) is 0 Å². The average molecular weight is 390 g/mol. The van der Waals surface area contributed by atoms with E-state index in [0.717, 1.165) is 18.4 Å². The van der Waals surface area contributed by atoms with E-state index < -0.39 is 6.10 Å². The first kappa shape index (κ1) is 24.7. The van der Waals surface area contributed by atoms with E-state index in [2.05, 4.69) is 6.92 Å². The fourth-order valence-electron chi connectivity index (χ4n) is 3.38. The number of nitrogens with two attached hydrogens (primary N) is 1. The molecule has 0 heterocycles. The van der Waals surface area contributed by atoms with Crippen LogP contribution in [0.4, 0.5) is 0 Å². The van der Waals surface area contributed by atoms with Crippen LogP contribution in [0.3, 0.4) is 0 Å². The van der Waals surface area contributed by atoms with Gasteiger partial charge in [-0.2, -0.15) is 0 Å². The Kier molecular flexibility index (Phi) is 15.7. The number of ether oxygens (including phenoxy) is 1. The number of unbranched alkanes of at least 4 members (excludes halogenated alkanes) is 11. The van der Waals surface area contributed by atoms with Crippen molar-refractivity contribution in [2.45, 2.75) is 109 Å². The quantitative estimate of drug-likeness (QED) is 0.223. The molecule has 0 bridgehead atoms. The summed E-state index contributed by atoms with van der Waals surface area (Å²) in [6, 6.07) is 9.66. The lowest BCUT2D eigenvalue weighted by molar-refractivity contribution is 0.144. The molecule has 3 heteroatoms. The van der Waals surface area contributed by atoms with Crippen LogP contribution in [-0.4, -0.2) is 17.3 Å². The molecule has 2 atom stereocenters. The fourth-order valence-corrected chi connectivity index (χ4v) is 3.38. The van der Waals surface area contributed by atoms with Gasteiger partial charge in [0.25, 0.3) is 0 Å². The van der Waals surface area contributed by atoms with Crippen LogP contribution >= 0.6 is 0 Å². The Morgan fingerprint density at radius 3 is 1.96 bits per heavy atom. The fraction of sp³-hybridized carbons (Fsp3) is 0.680. The summed E-state index contributed by atoms with van der Waals surface area (Å²) in [5.74, 6) is 0. The molecule has 0 unspecified atom stereocenters. The minimum absolute atomic E-state index is 0.358. The van der Waals surface area contributed by atoms with Gasteiger partial charge in [-0.1, -0.05) is 114 Å². The van der Waals surface area contributed by atoms with Gasteiger partial charge in [0, 0.05) is 0 Å². The molecule has 0 aliphatic carbocycles. The number of rotatable bonds is 18. The Hall–Kier alpha value is -1.32. The van der Waals surface area contributed by atoms with Crippen molar-refractivity contribution in [2.75, 3.05) is 0 Å². The summed E-state index contributed by atoms with van der Waals surface area (Å²) >= 11 is 0. The van der Waals surface area contributed by atoms with Crippen LogP contribution < -0.4 is 5.73 Å². The summed E-state index contributed by atoms with van der Waals surface area (Å²) in [6.07, 6.45) is 19.6. The van der Waals surface area contributed by atoms with E-state index in [4.69, 9.17) is 10.5 Å². The lowest BCUT2D eigenvalue weighted by atomic mass is 10.0. The van der Waals surface area contributed by atoms with Crippen molar-refractivity contribution in [3.63, 3.8) is 0 Å². The third-order valence-electron chi connectivity index (χ3n) is 5.29. The van der Waals surface area contributed by atoms with Gasteiger partial charge in [-0.15, -0.1) is 0 Å². The molecule has 0 spiro atoms. The van der Waals surface area contributed by atoms with E-state index >= 15 is 0 Å². The molecule has 1 rings (SSSR count). The first-order valence-electron chi connectivity index (χ1n) is 11.5. The summed E-state index contributed by atoms with van der Waals surface area (Å²) in [5, 5.41) is 10.2. The zero-order chi connectivity index (χ0) is 20.3. The van der Waals surface area contributed by atoms with E-state index in [-0.39, 0.29) is 6.04 Å². The molecule has 28 heavy (non-hydrogen) atoms. The summed E-state index contributed by atoms with van der Waals surface area (Å²) in [5.41, 5.74) is 7.14. The van der Waals surface area contributed by atoms with Gasteiger partial charge in [0.05, 0.1) is 18.4 Å². The third kappa shape index (κ3) is 13.8. The minimum atomic E-state index is -0.486. The maximum absolute atomic E-state index is 10.2. The van der Waals surface area contributed by atoms with E-state index in [1.807, 2.05) is 30.3 Å². The molecule has 3 N–H and O–H groups in total. The topological polar surface area (TPSA) is 55.5 Å². The second-order valence-electron chi connectivity index (χ2n) is 7.95. The largest absolute Gasteiger partial charge is 0.497 e. The van der Waals surface area contributed by atoms with E-state index in [0.29, 0.717) is 6.61 Å². The molecule has 1 aromatic rings. The van der Waals surface area contributed by atoms with E-state index in [1.54, 1.807) is 12.3 Å². The van der Waals surface area contributed by atoms with E-state index in [1.165, 1.54) is 70.6 Å². The van der Waals surface area contributed by atoms with Gasteiger partial charge in [0.15, 0.2) is 0 Å². The molecule has 0 aliphatic rings. The summed E-state index contributed by atoms with van der Waals surface area (Å²) < 4.78 is 5.49. The van der Waals surface area contributed by atoms with Crippen LogP contribution in [0.2, 0.25) is 0 Å². The molecule has 3 nitrogen and oxygen atoms in total. The maximum atomic E-state index is 10.2. The molecule has 0 fully saturated rings. The Labute approximate surface area is 173 Å². The zero-order valence-electron chi connectivity index (χ0n) is 18.0. The van der Waals surface area contributed by atoms with Crippen LogP contribution in [-0.2, 0) is 11.3 Å². The van der Waals surface area contributed by atoms with Gasteiger partial charge in [-0.25, -0.2) is 0 Å². The van der Waals surface area contributed by atoms with Crippen molar-refractivity contribution in [3.05, 3.63) is 48.2 Å². The smallest absolute Gasteiger partial charge is 0.112 e. The highest BCUT2D eigenvalue weighted by Crippen LogP contribution is 2.13. The second-order valence-corrected chi connectivity index (χ2v) is 7.95. The van der Waals surface area contributed by atoms with Crippen LogP contribution in [0.25, 0.3) is 0 Å². The van der Waals surface area contributed by atoms with Gasteiger partial charge in [-0.05, 0) is 18.1 Å². The number of aliphatic hydroxyl groups is 1. The first-order valence-corrected chi connectivity index (χ1v) is 11.5. The van der Waals surface area contributed by atoms with Crippen molar-refractivity contribution < 1.29 is 9.84 Å². The highest BCUT2D eigenvalue weighted by molar-refractivity contribution is 5.13. The van der Waals surface area contributed by atoms with Crippen LogP contribution in [0.5, 0.6) is 0 Å². The molecule has 0 aliphatic heterocycles. The average Bonchev–Trinajstić information content (AvgIpc) is 2.72. The van der Waals surface area contributed by atoms with Crippen molar-refractivity contribution >= 4 is 0 Å². The second kappa shape index (κ2) is 17.8. The Morgan fingerprint density at radius 2 is 1.39 bits per heavy atom. The normalized spacial score (nSPS) is 13.7. The third-order valence-corrected chi connectivity index (χ3v) is 5.29. The Bertz CT molecular complexity index is 475. The van der Waals surface area contributed by atoms with E-state index in [9.17, 15) is 5.11 Å². The van der Waals surface area contributed by atoms with Crippen molar-refractivity contribution in [1.29, 1.82) is 0 Å². The Morgan fingerprint density at radius 1 is 0.857 bits per heavy atom. The molecule has 0 aromatic heterocycles. The van der Waals surface area contributed by atoms with Crippen LogP contribution in [0, 0.1) is 0 Å². The van der Waals surface area contributed by atoms with Gasteiger partial charge in [0.2, 0.25) is 0 Å². The van der Waals surface area contributed by atoms with Crippen molar-refractivity contribution in [2.24, 2.45) is 5.73 Å². The Balaban J connectivity index is 1.92. The minimum Gasteiger partial charge on any atom is -0.497 e. The predicted molar refractivity (Wildman–Crippen MR) is 120 cm³/mol. The maximum Gasteiger partial charge on any atom is 0.112 e. The first-order chi connectivity index (χ1) is 13.7. The standard InChI is InChI=1S/C25H43NO2/c1-2-3-4-5-6-7-8-9-10-11-12-16-19-25(27)24(26)20-21-28-22-23-17-14-13-15-18-23/h13-15,17-18,20-21,24-25,27H,2-12,16,19,22,26H2,1H3/b21-20+/t24-,25+/m1/s1.